The second-order valence-electron chi connectivity index (χ2n) is 8.28. The first kappa shape index (κ1) is 23.4. The maximum Gasteiger partial charge on any atom is 0.422 e. The summed E-state index contributed by atoms with van der Waals surface area (Å²) < 4.78 is 5.31. The first-order chi connectivity index (χ1) is 15.2. The van der Waals surface area contributed by atoms with Gasteiger partial charge in [-0.2, -0.15) is 0 Å². The maximum atomic E-state index is 13.1. The van der Waals surface area contributed by atoms with Gasteiger partial charge in [-0.05, 0) is 50.6 Å². The van der Waals surface area contributed by atoms with Gasteiger partial charge >= 0.3 is 6.09 Å². The third-order valence-electron chi connectivity index (χ3n) is 4.43. The second kappa shape index (κ2) is 10.3. The molecule has 1 aliphatic rings. The van der Waals surface area contributed by atoms with Crippen molar-refractivity contribution in [1.29, 1.82) is 0 Å². The van der Waals surface area contributed by atoms with Crippen LogP contribution in [0.4, 0.5) is 10.5 Å². The predicted molar refractivity (Wildman–Crippen MR) is 127 cm³/mol. The van der Waals surface area contributed by atoms with Crippen LogP contribution in [0.5, 0.6) is 0 Å². The highest BCUT2D eigenvalue weighted by Gasteiger charge is 2.30. The Morgan fingerprint density at radius 2 is 1.81 bits per heavy atom. The molecular weight excluding hydrogens is 426 g/mol. The van der Waals surface area contributed by atoms with Gasteiger partial charge in [-0.3, -0.25) is 15.2 Å². The Bertz CT molecular complexity index is 1000. The Hall–Kier alpha value is -3.30. The van der Waals surface area contributed by atoms with Crippen molar-refractivity contribution < 1.29 is 14.3 Å². The Kier molecular flexibility index (Phi) is 7.55. The molecule has 0 atom stereocenters. The van der Waals surface area contributed by atoms with Gasteiger partial charge in [0.05, 0.1) is 18.7 Å². The van der Waals surface area contributed by atoms with Crippen molar-refractivity contribution in [2.45, 2.75) is 32.9 Å². The van der Waals surface area contributed by atoms with Crippen LogP contribution in [0, 0.1) is 0 Å². The number of ketones is 1. The lowest BCUT2D eigenvalue weighted by atomic mass is 10.0. The fourth-order valence-corrected chi connectivity index (χ4v) is 3.44. The molecular formula is C23H27N5O3S. The van der Waals surface area contributed by atoms with Crippen molar-refractivity contribution >= 4 is 34.8 Å². The van der Waals surface area contributed by atoms with Gasteiger partial charge in [0.25, 0.3) is 0 Å². The molecule has 8 nitrogen and oxygen atoms in total. The number of carbonyl (C=O) groups is 2. The molecule has 0 spiro atoms. The van der Waals surface area contributed by atoms with Crippen LogP contribution in [0.1, 0.15) is 26.3 Å². The first-order valence-corrected chi connectivity index (χ1v) is 10.6. The van der Waals surface area contributed by atoms with E-state index in [1.807, 2.05) is 42.5 Å². The number of benzene rings is 1. The largest absolute Gasteiger partial charge is 0.443 e. The van der Waals surface area contributed by atoms with Crippen LogP contribution in [-0.4, -0.2) is 45.5 Å². The zero-order valence-corrected chi connectivity index (χ0v) is 19.2. The number of nitrogens with one attached hydrogen (secondary N) is 3. The molecule has 3 rings (SSSR count). The lowest BCUT2D eigenvalue weighted by Crippen LogP contribution is -2.52. The van der Waals surface area contributed by atoms with Gasteiger partial charge in [0.15, 0.2) is 5.78 Å². The van der Waals surface area contributed by atoms with Crippen molar-refractivity contribution in [3.8, 4) is 0 Å². The second-order valence-corrected chi connectivity index (χ2v) is 8.68. The summed E-state index contributed by atoms with van der Waals surface area (Å²) in [6.45, 7) is 6.06. The SMILES string of the molecule is CC(C)(C)OC(=O)NN1CC(=O)C(C(=S)Nc2ccccc2)=C(NCc2ccncc2)C1. The Morgan fingerprint density at radius 1 is 1.12 bits per heavy atom. The topological polar surface area (TPSA) is 95.6 Å². The summed E-state index contributed by atoms with van der Waals surface area (Å²) >= 11 is 5.57. The number of aromatic nitrogens is 1. The van der Waals surface area contributed by atoms with Gasteiger partial charge in [0.2, 0.25) is 0 Å². The molecule has 1 aromatic carbocycles. The number of anilines is 1. The highest BCUT2D eigenvalue weighted by Crippen LogP contribution is 2.18. The minimum Gasteiger partial charge on any atom is -0.443 e. The summed E-state index contributed by atoms with van der Waals surface area (Å²) in [5, 5.41) is 7.95. The summed E-state index contributed by atoms with van der Waals surface area (Å²) in [5.74, 6) is -0.210. The maximum absolute atomic E-state index is 13.1. The summed E-state index contributed by atoms with van der Waals surface area (Å²) in [6.07, 6.45) is 2.79. The number of hydrogen-bond donors (Lipinski definition) is 3. The van der Waals surface area contributed by atoms with Crippen molar-refractivity contribution in [3.63, 3.8) is 0 Å². The number of carbonyl (C=O) groups excluding carboxylic acids is 2. The standard InChI is InChI=1S/C23H27N5O3S/c1-23(2,3)31-22(30)27-28-14-18(25-13-16-9-11-24-12-10-16)20(19(29)15-28)21(32)26-17-7-5-4-6-8-17/h4-12,25H,13-15H2,1-3H3,(H,26,32)(H,27,30). The number of rotatable bonds is 6. The molecule has 2 heterocycles. The Labute approximate surface area is 193 Å². The molecule has 0 saturated carbocycles. The molecule has 0 fully saturated rings. The Morgan fingerprint density at radius 3 is 2.47 bits per heavy atom. The summed E-state index contributed by atoms with van der Waals surface area (Å²) in [7, 11) is 0. The van der Waals surface area contributed by atoms with Crippen LogP contribution in [0.3, 0.4) is 0 Å². The van der Waals surface area contributed by atoms with Gasteiger partial charge in [0, 0.05) is 30.3 Å². The van der Waals surface area contributed by atoms with E-state index < -0.39 is 11.7 Å². The van der Waals surface area contributed by atoms with Crippen LogP contribution >= 0.6 is 12.2 Å². The van der Waals surface area contributed by atoms with Crippen molar-refractivity contribution in [2.75, 3.05) is 18.4 Å². The van der Waals surface area contributed by atoms with Crippen LogP contribution in [0.15, 0.2) is 66.1 Å². The molecule has 168 valence electrons. The first-order valence-electron chi connectivity index (χ1n) is 10.2. The average molecular weight is 454 g/mol. The third kappa shape index (κ3) is 6.86. The van der Waals surface area contributed by atoms with Crippen molar-refractivity contribution in [1.82, 2.24) is 20.7 Å². The van der Waals surface area contributed by atoms with Crippen molar-refractivity contribution in [2.24, 2.45) is 0 Å². The predicted octanol–water partition coefficient (Wildman–Crippen LogP) is 3.19. The molecule has 32 heavy (non-hydrogen) atoms. The highest BCUT2D eigenvalue weighted by atomic mass is 32.1. The van der Waals surface area contributed by atoms with Gasteiger partial charge in [-0.1, -0.05) is 30.4 Å². The van der Waals surface area contributed by atoms with Gasteiger partial charge < -0.3 is 15.4 Å². The molecule has 2 aromatic rings. The van der Waals surface area contributed by atoms with Crippen LogP contribution in [0.25, 0.3) is 0 Å². The van der Waals surface area contributed by atoms with Gasteiger partial charge in [0.1, 0.15) is 10.6 Å². The normalized spacial score (nSPS) is 14.7. The lowest BCUT2D eigenvalue weighted by Gasteiger charge is -2.31. The smallest absolute Gasteiger partial charge is 0.422 e. The van der Waals surface area contributed by atoms with E-state index in [2.05, 4.69) is 21.0 Å². The van der Waals surface area contributed by atoms with E-state index in [1.165, 1.54) is 5.01 Å². The fraction of sp³-hybridized carbons (Fsp3) is 0.304. The van der Waals surface area contributed by atoms with E-state index in [-0.39, 0.29) is 18.9 Å². The number of amides is 1. The third-order valence-corrected chi connectivity index (χ3v) is 4.73. The number of hydrazine groups is 1. The molecule has 1 aromatic heterocycles. The van der Waals surface area contributed by atoms with Crippen molar-refractivity contribution in [3.05, 3.63) is 71.7 Å². The van der Waals surface area contributed by atoms with E-state index in [4.69, 9.17) is 17.0 Å². The summed E-state index contributed by atoms with van der Waals surface area (Å²) in [5.41, 5.74) is 4.81. The fourth-order valence-electron chi connectivity index (χ4n) is 3.09. The number of nitrogens with zero attached hydrogens (tertiary/aromatic N) is 2. The molecule has 1 aliphatic heterocycles. The number of para-hydroxylation sites is 1. The van der Waals surface area contributed by atoms with E-state index in [9.17, 15) is 9.59 Å². The van der Waals surface area contributed by atoms with E-state index in [1.54, 1.807) is 33.2 Å². The zero-order valence-electron chi connectivity index (χ0n) is 18.3. The van der Waals surface area contributed by atoms with Gasteiger partial charge in [-0.25, -0.2) is 9.80 Å². The average Bonchev–Trinajstić information content (AvgIpc) is 2.72. The number of Topliss-reactive ketones (excluding diaryl/α,β-unsaturated/α-hetero) is 1. The van der Waals surface area contributed by atoms with E-state index >= 15 is 0 Å². The summed E-state index contributed by atoms with van der Waals surface area (Å²) in [6, 6.07) is 13.2. The number of ether oxygens (including phenoxy) is 1. The molecule has 1 amide bonds. The highest BCUT2D eigenvalue weighted by molar-refractivity contribution is 7.81. The molecule has 0 aliphatic carbocycles. The monoisotopic (exact) mass is 453 g/mol. The quantitative estimate of drug-likeness (QED) is 0.574. The molecule has 3 N–H and O–H groups in total. The van der Waals surface area contributed by atoms with E-state index in [0.29, 0.717) is 22.8 Å². The minimum absolute atomic E-state index is 0.0222. The number of pyridine rings is 1. The molecule has 0 saturated heterocycles. The zero-order chi connectivity index (χ0) is 23.1. The molecule has 0 unspecified atom stereocenters. The van der Waals surface area contributed by atoms with Crippen LogP contribution < -0.4 is 16.1 Å². The van der Waals surface area contributed by atoms with Crippen LogP contribution in [-0.2, 0) is 16.1 Å². The minimum atomic E-state index is -0.644. The molecule has 0 radical (unpaired) electrons. The van der Waals surface area contributed by atoms with Crippen LogP contribution in [0.2, 0.25) is 0 Å². The van der Waals surface area contributed by atoms with Gasteiger partial charge in [-0.15, -0.1) is 0 Å². The molecule has 9 heteroatoms. The van der Waals surface area contributed by atoms with E-state index in [0.717, 1.165) is 11.3 Å². The summed E-state index contributed by atoms with van der Waals surface area (Å²) in [4.78, 5) is 29.6. The lowest BCUT2D eigenvalue weighted by molar-refractivity contribution is -0.117. The Balaban J connectivity index is 1.80. The molecule has 0 bridgehead atoms. The number of thiocarbonyl (C=S) groups is 1. The number of hydrogen-bond acceptors (Lipinski definition) is 7.